The number of rotatable bonds is 7. The number of aliphatic imine (C=N–C) groups is 1. The molecule has 0 saturated carbocycles. The number of benzene rings is 1. The van der Waals surface area contributed by atoms with E-state index in [1.54, 1.807) is 13.3 Å². The van der Waals surface area contributed by atoms with Crippen LogP contribution in [0.15, 0.2) is 46.0 Å². The first kappa shape index (κ1) is 19.5. The summed E-state index contributed by atoms with van der Waals surface area (Å²) in [6, 6.07) is 9.89. The maximum atomic E-state index is 5.52. The highest BCUT2D eigenvalue weighted by Gasteiger charge is 2.06. The Bertz CT molecular complexity index is 583. The van der Waals surface area contributed by atoms with Crippen molar-refractivity contribution in [2.75, 3.05) is 13.6 Å². The molecule has 0 aliphatic heterocycles. The maximum absolute atomic E-state index is 5.52. The van der Waals surface area contributed by atoms with E-state index in [0.717, 1.165) is 30.2 Å². The zero-order chi connectivity index (χ0) is 15.6. The monoisotopic (exact) mass is 428 g/mol. The van der Waals surface area contributed by atoms with Gasteiger partial charge >= 0.3 is 0 Å². The minimum atomic E-state index is 0. The summed E-state index contributed by atoms with van der Waals surface area (Å²) >= 11 is 0. The molecule has 0 atom stereocenters. The van der Waals surface area contributed by atoms with Crippen LogP contribution in [0.25, 0.3) is 11.5 Å². The zero-order valence-electron chi connectivity index (χ0n) is 13.7. The Balaban J connectivity index is 0.00000264. The summed E-state index contributed by atoms with van der Waals surface area (Å²) in [5.74, 6) is 1.43. The van der Waals surface area contributed by atoms with Crippen molar-refractivity contribution in [1.82, 2.24) is 15.6 Å². The molecule has 2 N–H and O–H groups in total. The smallest absolute Gasteiger partial charge is 0.226 e. The highest BCUT2D eigenvalue weighted by molar-refractivity contribution is 14.0. The van der Waals surface area contributed by atoms with Gasteiger partial charge in [-0.3, -0.25) is 4.99 Å². The maximum Gasteiger partial charge on any atom is 0.226 e. The summed E-state index contributed by atoms with van der Waals surface area (Å²) < 4.78 is 5.52. The van der Waals surface area contributed by atoms with E-state index in [0.29, 0.717) is 12.4 Å². The summed E-state index contributed by atoms with van der Waals surface area (Å²) in [4.78, 5) is 8.69. The highest BCUT2D eigenvalue weighted by atomic mass is 127. The molecule has 1 aromatic heterocycles. The Kier molecular flexibility index (Phi) is 9.35. The minimum Gasteiger partial charge on any atom is -0.444 e. The van der Waals surface area contributed by atoms with Crippen LogP contribution in [0.1, 0.15) is 31.9 Å². The van der Waals surface area contributed by atoms with Gasteiger partial charge in [0, 0.05) is 19.2 Å². The van der Waals surface area contributed by atoms with E-state index >= 15 is 0 Å². The van der Waals surface area contributed by atoms with Gasteiger partial charge < -0.3 is 15.1 Å². The van der Waals surface area contributed by atoms with Gasteiger partial charge in [0.1, 0.15) is 6.26 Å². The van der Waals surface area contributed by atoms with E-state index in [4.69, 9.17) is 4.42 Å². The quantitative estimate of drug-likeness (QED) is 0.305. The molecule has 0 unspecified atom stereocenters. The van der Waals surface area contributed by atoms with E-state index in [1.807, 2.05) is 30.3 Å². The van der Waals surface area contributed by atoms with Gasteiger partial charge in [0.2, 0.25) is 5.89 Å². The summed E-state index contributed by atoms with van der Waals surface area (Å²) in [5, 5.41) is 6.54. The van der Waals surface area contributed by atoms with E-state index in [9.17, 15) is 0 Å². The molecule has 1 aromatic carbocycles. The fourth-order valence-electron chi connectivity index (χ4n) is 2.08. The van der Waals surface area contributed by atoms with Crippen LogP contribution >= 0.6 is 24.0 Å². The first-order chi connectivity index (χ1) is 10.8. The van der Waals surface area contributed by atoms with Gasteiger partial charge in [-0.25, -0.2) is 4.98 Å². The molecule has 23 heavy (non-hydrogen) atoms. The van der Waals surface area contributed by atoms with Gasteiger partial charge in [-0.05, 0) is 18.6 Å². The lowest BCUT2D eigenvalue weighted by Crippen LogP contribution is -2.37. The Labute approximate surface area is 155 Å². The fraction of sp³-hybridized carbons (Fsp3) is 0.412. The van der Waals surface area contributed by atoms with Gasteiger partial charge in [0.25, 0.3) is 0 Å². The summed E-state index contributed by atoms with van der Waals surface area (Å²) in [7, 11) is 1.77. The van der Waals surface area contributed by atoms with Crippen LogP contribution in [-0.2, 0) is 6.54 Å². The number of nitrogens with one attached hydrogen (secondary N) is 2. The van der Waals surface area contributed by atoms with E-state index in [1.165, 1.54) is 12.8 Å². The van der Waals surface area contributed by atoms with Crippen molar-refractivity contribution in [1.29, 1.82) is 0 Å². The molecule has 6 heteroatoms. The van der Waals surface area contributed by atoms with Crippen LogP contribution in [0.5, 0.6) is 0 Å². The Morgan fingerprint density at radius 1 is 1.17 bits per heavy atom. The molecule has 0 aliphatic rings. The van der Waals surface area contributed by atoms with Crippen molar-refractivity contribution in [2.45, 2.75) is 32.7 Å². The van der Waals surface area contributed by atoms with Crippen LogP contribution in [-0.4, -0.2) is 24.5 Å². The van der Waals surface area contributed by atoms with E-state index < -0.39 is 0 Å². The Morgan fingerprint density at radius 2 is 1.96 bits per heavy atom. The van der Waals surface area contributed by atoms with Crippen molar-refractivity contribution >= 4 is 29.9 Å². The number of unbranched alkanes of at least 4 members (excludes halogenated alkanes) is 2. The third-order valence-electron chi connectivity index (χ3n) is 3.31. The molecule has 126 valence electrons. The number of nitrogens with zero attached hydrogens (tertiary/aromatic N) is 2. The van der Waals surface area contributed by atoms with Gasteiger partial charge in [-0.15, -0.1) is 24.0 Å². The van der Waals surface area contributed by atoms with Gasteiger partial charge in [0.15, 0.2) is 5.96 Å². The summed E-state index contributed by atoms with van der Waals surface area (Å²) in [6.45, 7) is 3.72. The molecule has 0 aliphatic carbocycles. The van der Waals surface area contributed by atoms with Crippen molar-refractivity contribution in [3.63, 3.8) is 0 Å². The van der Waals surface area contributed by atoms with Crippen LogP contribution < -0.4 is 10.6 Å². The molecule has 2 rings (SSSR count). The Hall–Kier alpha value is -1.57. The second-order valence-electron chi connectivity index (χ2n) is 5.07. The van der Waals surface area contributed by atoms with Crippen LogP contribution in [0.4, 0.5) is 0 Å². The predicted molar refractivity (Wildman–Crippen MR) is 105 cm³/mol. The van der Waals surface area contributed by atoms with Crippen molar-refractivity contribution in [3.8, 4) is 11.5 Å². The number of halogens is 1. The standard InChI is InChI=1S/C17H24N4O.HI/c1-3-4-8-11-19-17(18-2)20-12-15-13-22-16(21-15)14-9-6-5-7-10-14;/h5-7,9-10,13H,3-4,8,11-12H2,1-2H3,(H2,18,19,20);1H. The van der Waals surface area contributed by atoms with Crippen LogP contribution in [0, 0.1) is 0 Å². The van der Waals surface area contributed by atoms with Gasteiger partial charge in [0.05, 0.1) is 12.2 Å². The molecule has 0 amide bonds. The van der Waals surface area contributed by atoms with Crippen LogP contribution in [0.3, 0.4) is 0 Å². The lowest BCUT2D eigenvalue weighted by atomic mass is 10.2. The number of oxazole rings is 1. The number of aromatic nitrogens is 1. The van der Waals surface area contributed by atoms with Crippen molar-refractivity contribution < 1.29 is 4.42 Å². The molecule has 0 fully saturated rings. The topological polar surface area (TPSA) is 62.5 Å². The SMILES string of the molecule is CCCCCNC(=NC)NCc1coc(-c2ccccc2)n1.I. The van der Waals surface area contributed by atoms with Gasteiger partial charge in [-0.2, -0.15) is 0 Å². The third kappa shape index (κ3) is 6.60. The lowest BCUT2D eigenvalue weighted by molar-refractivity contribution is 0.572. The molecule has 5 nitrogen and oxygen atoms in total. The number of guanidine groups is 1. The van der Waals surface area contributed by atoms with Crippen molar-refractivity contribution in [3.05, 3.63) is 42.3 Å². The summed E-state index contributed by atoms with van der Waals surface area (Å²) in [6.07, 6.45) is 5.28. The molecular formula is C17H25IN4O. The number of hydrogen-bond acceptors (Lipinski definition) is 3. The predicted octanol–water partition coefficient (Wildman–Crippen LogP) is 3.81. The normalized spacial score (nSPS) is 11.0. The van der Waals surface area contributed by atoms with Crippen LogP contribution in [0.2, 0.25) is 0 Å². The molecule has 0 bridgehead atoms. The average Bonchev–Trinajstić information content (AvgIpc) is 3.04. The molecule has 0 radical (unpaired) electrons. The average molecular weight is 428 g/mol. The lowest BCUT2D eigenvalue weighted by Gasteiger charge is -2.10. The Morgan fingerprint density at radius 3 is 2.65 bits per heavy atom. The van der Waals surface area contributed by atoms with Crippen molar-refractivity contribution in [2.24, 2.45) is 4.99 Å². The second-order valence-corrected chi connectivity index (χ2v) is 5.07. The fourth-order valence-corrected chi connectivity index (χ4v) is 2.08. The summed E-state index contributed by atoms with van der Waals surface area (Å²) in [5.41, 5.74) is 1.84. The molecule has 2 aromatic rings. The first-order valence-corrected chi connectivity index (χ1v) is 7.77. The zero-order valence-corrected chi connectivity index (χ0v) is 16.0. The molecule has 0 spiro atoms. The largest absolute Gasteiger partial charge is 0.444 e. The molecule has 1 heterocycles. The first-order valence-electron chi connectivity index (χ1n) is 7.77. The second kappa shape index (κ2) is 11.0. The molecular weight excluding hydrogens is 403 g/mol. The number of hydrogen-bond donors (Lipinski definition) is 2. The van der Waals surface area contributed by atoms with E-state index in [2.05, 4.69) is 27.5 Å². The van der Waals surface area contributed by atoms with E-state index in [-0.39, 0.29) is 24.0 Å². The molecule has 0 saturated heterocycles. The minimum absolute atomic E-state index is 0. The van der Waals surface area contributed by atoms with Gasteiger partial charge in [-0.1, -0.05) is 38.0 Å². The third-order valence-corrected chi connectivity index (χ3v) is 3.31. The highest BCUT2D eigenvalue weighted by Crippen LogP contribution is 2.17.